The van der Waals surface area contributed by atoms with Crippen molar-refractivity contribution in [2.75, 3.05) is 11.5 Å². The maximum atomic E-state index is 12.9. The van der Waals surface area contributed by atoms with E-state index in [1.165, 1.54) is 0 Å². The monoisotopic (exact) mass is 319 g/mol. The first-order valence-corrected chi connectivity index (χ1v) is 7.45. The van der Waals surface area contributed by atoms with Crippen LogP contribution in [-0.2, 0) is 14.3 Å². The molecule has 4 atom stereocenters. The van der Waals surface area contributed by atoms with Crippen LogP contribution in [0, 0.1) is 11.8 Å². The van der Waals surface area contributed by atoms with Crippen molar-refractivity contribution in [3.63, 3.8) is 0 Å². The molecule has 0 spiro atoms. The number of aliphatic hydroxyl groups excluding tert-OH is 1. The van der Waals surface area contributed by atoms with Crippen LogP contribution in [-0.4, -0.2) is 34.7 Å². The number of nitrogens with zero attached hydrogens (tertiary/aromatic N) is 1. The molecule has 22 heavy (non-hydrogen) atoms. The number of para-hydroxylation sites is 1. The van der Waals surface area contributed by atoms with Gasteiger partial charge < -0.3 is 9.84 Å². The van der Waals surface area contributed by atoms with E-state index in [1.54, 1.807) is 43.3 Å². The van der Waals surface area contributed by atoms with Gasteiger partial charge in [-0.05, 0) is 19.1 Å². The predicted molar refractivity (Wildman–Crippen MR) is 79.4 cm³/mol. The third kappa shape index (κ3) is 1.46. The van der Waals surface area contributed by atoms with E-state index in [4.69, 9.17) is 16.3 Å². The van der Waals surface area contributed by atoms with Gasteiger partial charge in [0.2, 0.25) is 11.8 Å². The van der Waals surface area contributed by atoms with Crippen molar-refractivity contribution in [3.8, 4) is 0 Å². The van der Waals surface area contributed by atoms with Gasteiger partial charge in [-0.1, -0.05) is 35.9 Å². The van der Waals surface area contributed by atoms with Gasteiger partial charge in [0, 0.05) is 0 Å². The number of benzene rings is 1. The van der Waals surface area contributed by atoms with Crippen LogP contribution in [0.15, 0.2) is 36.4 Å². The van der Waals surface area contributed by atoms with Gasteiger partial charge in [0.25, 0.3) is 0 Å². The quantitative estimate of drug-likeness (QED) is 0.663. The van der Waals surface area contributed by atoms with Crippen LogP contribution in [0.1, 0.15) is 6.92 Å². The second kappa shape index (κ2) is 4.19. The predicted octanol–water partition coefficient (Wildman–Crippen LogP) is 1.54. The van der Waals surface area contributed by atoms with Gasteiger partial charge in [-0.15, -0.1) is 0 Å². The molecule has 2 amide bonds. The maximum absolute atomic E-state index is 12.9. The van der Waals surface area contributed by atoms with E-state index in [0.717, 1.165) is 4.90 Å². The lowest BCUT2D eigenvalue weighted by molar-refractivity contribution is -0.131. The van der Waals surface area contributed by atoms with Crippen molar-refractivity contribution in [1.82, 2.24) is 0 Å². The van der Waals surface area contributed by atoms with E-state index >= 15 is 0 Å². The molecule has 3 aliphatic rings. The molecule has 114 valence electrons. The number of imide groups is 1. The van der Waals surface area contributed by atoms with Crippen LogP contribution in [0.3, 0.4) is 0 Å². The van der Waals surface area contributed by atoms with Crippen molar-refractivity contribution in [2.24, 2.45) is 11.8 Å². The number of hydrogen-bond acceptors (Lipinski definition) is 4. The van der Waals surface area contributed by atoms with Crippen LogP contribution in [0.4, 0.5) is 5.69 Å². The van der Waals surface area contributed by atoms with Crippen LogP contribution >= 0.6 is 11.6 Å². The highest BCUT2D eigenvalue weighted by Gasteiger charge is 2.72. The summed E-state index contributed by atoms with van der Waals surface area (Å²) in [6, 6.07) is 6.74. The van der Waals surface area contributed by atoms with E-state index in [9.17, 15) is 14.7 Å². The summed E-state index contributed by atoms with van der Waals surface area (Å²) in [5.74, 6) is -2.04. The van der Waals surface area contributed by atoms with E-state index in [-0.39, 0.29) is 18.4 Å². The lowest BCUT2D eigenvalue weighted by Gasteiger charge is -2.27. The highest BCUT2D eigenvalue weighted by Crippen LogP contribution is 2.57. The maximum Gasteiger partial charge on any atom is 0.241 e. The molecule has 3 aliphatic heterocycles. The average Bonchev–Trinajstić information content (AvgIpc) is 3.07. The summed E-state index contributed by atoms with van der Waals surface area (Å²) in [5, 5.41) is 10.1. The highest BCUT2D eigenvalue weighted by molar-refractivity contribution is 6.36. The Balaban J connectivity index is 1.84. The van der Waals surface area contributed by atoms with Gasteiger partial charge in [-0.3, -0.25) is 9.59 Å². The lowest BCUT2D eigenvalue weighted by Crippen LogP contribution is -2.43. The summed E-state index contributed by atoms with van der Waals surface area (Å²) in [7, 11) is 0. The molecular formula is C16H14ClNO4. The fourth-order valence-electron chi connectivity index (χ4n) is 3.91. The number of amides is 2. The van der Waals surface area contributed by atoms with Crippen molar-refractivity contribution in [2.45, 2.75) is 18.1 Å². The summed E-state index contributed by atoms with van der Waals surface area (Å²) in [4.78, 5) is 26.9. The highest BCUT2D eigenvalue weighted by atomic mass is 35.5. The molecule has 0 unspecified atom stereocenters. The molecule has 2 bridgehead atoms. The Kier molecular flexibility index (Phi) is 2.65. The minimum atomic E-state index is -1.11. The van der Waals surface area contributed by atoms with Gasteiger partial charge >= 0.3 is 0 Å². The minimum Gasteiger partial charge on any atom is -0.393 e. The Morgan fingerprint density at radius 1 is 1.23 bits per heavy atom. The molecular weight excluding hydrogens is 306 g/mol. The molecule has 0 aromatic heterocycles. The fraction of sp³-hybridized carbons (Fsp3) is 0.375. The first-order valence-electron chi connectivity index (χ1n) is 7.07. The number of carbonyl (C=O) groups is 2. The molecule has 2 saturated heterocycles. The molecule has 0 saturated carbocycles. The Morgan fingerprint density at radius 3 is 2.59 bits per heavy atom. The second-order valence-corrected chi connectivity index (χ2v) is 6.56. The van der Waals surface area contributed by atoms with Crippen LogP contribution < -0.4 is 4.90 Å². The number of hydrogen-bond donors (Lipinski definition) is 1. The molecule has 3 heterocycles. The summed E-state index contributed by atoms with van der Waals surface area (Å²) in [5.41, 5.74) is -1.59. The molecule has 6 heteroatoms. The van der Waals surface area contributed by atoms with Crippen LogP contribution in [0.5, 0.6) is 0 Å². The summed E-state index contributed by atoms with van der Waals surface area (Å²) >= 11 is 6.14. The third-order valence-corrected chi connectivity index (χ3v) is 5.22. The number of aliphatic hydroxyl groups is 1. The molecule has 5 nitrogen and oxygen atoms in total. The molecule has 1 N–H and O–H groups in total. The zero-order chi connectivity index (χ0) is 15.7. The van der Waals surface area contributed by atoms with E-state index < -0.39 is 23.0 Å². The fourth-order valence-corrected chi connectivity index (χ4v) is 4.13. The molecule has 1 aromatic carbocycles. The van der Waals surface area contributed by atoms with E-state index in [1.807, 2.05) is 0 Å². The van der Waals surface area contributed by atoms with Crippen LogP contribution in [0.25, 0.3) is 0 Å². The largest absolute Gasteiger partial charge is 0.393 e. The zero-order valence-electron chi connectivity index (χ0n) is 11.8. The molecule has 4 rings (SSSR count). The van der Waals surface area contributed by atoms with Crippen LogP contribution in [0.2, 0.25) is 5.02 Å². The molecule has 0 aliphatic carbocycles. The van der Waals surface area contributed by atoms with E-state index in [2.05, 4.69) is 0 Å². The zero-order valence-corrected chi connectivity index (χ0v) is 12.6. The van der Waals surface area contributed by atoms with E-state index in [0.29, 0.717) is 10.7 Å². The van der Waals surface area contributed by atoms with Gasteiger partial charge in [0.1, 0.15) is 5.60 Å². The first kappa shape index (κ1) is 13.9. The lowest BCUT2D eigenvalue weighted by atomic mass is 9.73. The Labute approximate surface area is 132 Å². The topological polar surface area (TPSA) is 66.8 Å². The normalized spacial score (nSPS) is 39.0. The standard InChI is InChI=1S/C16H14ClNO4/c1-15-6-7-16(8-19,22-15)12-11(15)13(20)18(14(12)21)10-5-3-2-4-9(10)17/h2-7,11-12,19H,8H2,1H3/t11-,12+,15-,16-/m1/s1. The van der Waals surface area contributed by atoms with Crippen molar-refractivity contribution in [1.29, 1.82) is 0 Å². The number of halogens is 1. The van der Waals surface area contributed by atoms with Gasteiger partial charge in [0.15, 0.2) is 0 Å². The number of carbonyl (C=O) groups excluding carboxylic acids is 2. The van der Waals surface area contributed by atoms with Crippen molar-refractivity contribution < 1.29 is 19.4 Å². The summed E-state index contributed by atoms with van der Waals surface area (Å²) in [6.07, 6.45) is 3.47. The summed E-state index contributed by atoms with van der Waals surface area (Å²) < 4.78 is 5.86. The van der Waals surface area contributed by atoms with Gasteiger partial charge in [-0.25, -0.2) is 4.90 Å². The molecule has 2 fully saturated rings. The minimum absolute atomic E-state index is 0.328. The SMILES string of the molecule is C[C@]12C=C[C@](CO)(O1)[C@@H]1C(=O)N(c3ccccc3Cl)C(=O)[C@@H]12. The van der Waals surface area contributed by atoms with Crippen molar-refractivity contribution >= 4 is 29.1 Å². The Morgan fingerprint density at radius 2 is 1.91 bits per heavy atom. The number of anilines is 1. The Bertz CT molecular complexity index is 733. The molecule has 1 aromatic rings. The number of fused-ring (bicyclic) bond motifs is 5. The van der Waals surface area contributed by atoms with Gasteiger partial charge in [0.05, 0.1) is 34.8 Å². The van der Waals surface area contributed by atoms with Crippen molar-refractivity contribution in [3.05, 3.63) is 41.4 Å². The Hall–Kier alpha value is -1.69. The second-order valence-electron chi connectivity index (χ2n) is 6.15. The smallest absolute Gasteiger partial charge is 0.241 e. The number of rotatable bonds is 2. The first-order chi connectivity index (χ1) is 10.4. The number of ether oxygens (including phenoxy) is 1. The average molecular weight is 320 g/mol. The molecule has 0 radical (unpaired) electrons. The third-order valence-electron chi connectivity index (χ3n) is 4.90. The van der Waals surface area contributed by atoms with Gasteiger partial charge in [-0.2, -0.15) is 0 Å². The summed E-state index contributed by atoms with van der Waals surface area (Å²) in [6.45, 7) is 1.43.